The van der Waals surface area contributed by atoms with Crippen LogP contribution < -0.4 is 14.7 Å². The third-order valence-corrected chi connectivity index (χ3v) is 31.7. The molecule has 0 amide bonds. The molecule has 0 saturated carbocycles. The summed E-state index contributed by atoms with van der Waals surface area (Å²) in [6.45, 7) is 0. The number of rotatable bonds is 12. The van der Waals surface area contributed by atoms with E-state index in [1.165, 1.54) is 159 Å². The number of anilines is 9. The highest BCUT2D eigenvalue weighted by atomic mass is 32.1. The maximum absolute atomic E-state index is 6.61. The standard InChI is InChI=1S/3C44H27NOS/c1-2-9-28(10-3-1)29-19-23-32(24-20-29)45(38-14-8-13-35-34-11-4-6-15-39(34)46-44(35)38)33-25-21-30-17-18-31-22-26-41-43(42(31)37(30)27-33)36-12-5-7-16-40(36)47-41;1-2-8-28(9-3-1)29-16-20-32(21-17-29)45(34-23-24-36-35-10-4-6-12-39(35)46-40(36)27-34)33-22-18-30-14-15-31-19-25-42-44(43(31)38(30)26-33)37-11-5-7-13-41(37)47-42;1-2-8-28(9-3-1)29-16-20-32(21-17-29)45(34-23-24-40-38(27-34)35-10-4-6-12-39(35)46-40)33-22-18-30-14-15-31-19-25-42-44(43(31)37(30)26-33)36-11-5-7-13-41(36)47-42/h3*1-27H. The molecule has 0 N–H and O–H groups in total. The Morgan fingerprint density at radius 1 is 0.142 bits per heavy atom. The Labute approximate surface area is 822 Å². The minimum Gasteiger partial charge on any atom is -0.456 e. The highest BCUT2D eigenvalue weighted by Gasteiger charge is 2.26. The van der Waals surface area contributed by atoms with Gasteiger partial charge in [-0.2, -0.15) is 0 Å². The quantitative estimate of drug-likeness (QED) is 0.114. The molecule has 6 aromatic heterocycles. The average Bonchev–Trinajstić information content (AvgIpc) is 1.63. The van der Waals surface area contributed by atoms with Crippen molar-refractivity contribution in [3.63, 3.8) is 0 Å². The summed E-state index contributed by atoms with van der Waals surface area (Å²) in [5.41, 5.74) is 22.3. The molecule has 30 rings (SSSR count). The minimum absolute atomic E-state index is 0.880. The van der Waals surface area contributed by atoms with Crippen molar-refractivity contribution < 1.29 is 13.3 Å². The highest BCUT2D eigenvalue weighted by molar-refractivity contribution is 7.27. The number of thiophene rings is 3. The molecule has 6 nitrogen and oxygen atoms in total. The number of benzene rings is 24. The van der Waals surface area contributed by atoms with Crippen molar-refractivity contribution in [1.82, 2.24) is 0 Å². The SMILES string of the molecule is c1ccc(-c2ccc(N(c3ccc4c(c3)oc3ccccc34)c3ccc4ccc5ccc6sc7ccccc7c6c5c4c3)cc2)cc1.c1ccc(-c2ccc(N(c3ccc4ccc5ccc6sc7ccccc7c6c5c4c3)c3cccc4c3oc3ccccc34)cc2)cc1.c1ccc(-c2ccc(N(c3ccc4oc5ccccc5c4c3)c3ccc4ccc5ccc6sc7ccccc7c6c5c4c3)cc2)cc1. The summed E-state index contributed by atoms with van der Waals surface area (Å²) in [7, 11) is 0. The van der Waals surface area contributed by atoms with Gasteiger partial charge in [0, 0.05) is 144 Å². The Morgan fingerprint density at radius 3 is 0.851 bits per heavy atom. The van der Waals surface area contributed by atoms with Gasteiger partial charge in [0.2, 0.25) is 0 Å². The first-order valence-corrected chi connectivity index (χ1v) is 50.2. The van der Waals surface area contributed by atoms with Crippen LogP contribution in [0.1, 0.15) is 0 Å². The lowest BCUT2D eigenvalue weighted by Crippen LogP contribution is -2.10. The second-order valence-electron chi connectivity index (χ2n) is 36.4. The zero-order valence-corrected chi connectivity index (χ0v) is 78.5. The summed E-state index contributed by atoms with van der Waals surface area (Å²) >= 11 is 5.61. The fourth-order valence-corrected chi connectivity index (χ4v) is 25.0. The van der Waals surface area contributed by atoms with Crippen molar-refractivity contribution >= 4 is 276 Å². The number of hydrogen-bond acceptors (Lipinski definition) is 9. The number of fused-ring (bicyclic) bond motifs is 30. The first-order valence-electron chi connectivity index (χ1n) is 47.8. The second-order valence-corrected chi connectivity index (χ2v) is 39.6. The van der Waals surface area contributed by atoms with Gasteiger partial charge in [-0.3, -0.25) is 0 Å². The van der Waals surface area contributed by atoms with Gasteiger partial charge in [0.15, 0.2) is 5.58 Å². The van der Waals surface area contributed by atoms with E-state index < -0.39 is 0 Å². The number of para-hydroxylation sites is 4. The van der Waals surface area contributed by atoms with E-state index in [4.69, 9.17) is 13.3 Å². The molecule has 0 aliphatic carbocycles. The molecule has 0 bridgehead atoms. The number of furan rings is 3. The lowest BCUT2D eigenvalue weighted by molar-refractivity contribution is 0.668. The van der Waals surface area contributed by atoms with Gasteiger partial charge in [0.05, 0.1) is 5.69 Å². The van der Waals surface area contributed by atoms with E-state index in [2.05, 4.69) is 476 Å². The molecule has 24 aromatic carbocycles. The molecular weight excluding hydrogens is 1770 g/mol. The Bertz CT molecular complexity index is 10200. The molecule has 0 fully saturated rings. The Morgan fingerprint density at radius 2 is 0.418 bits per heavy atom. The van der Waals surface area contributed by atoms with Crippen LogP contribution in [0.4, 0.5) is 51.2 Å². The summed E-state index contributed by atoms with van der Waals surface area (Å²) in [5, 5.41) is 29.9. The topological polar surface area (TPSA) is 49.1 Å². The summed E-state index contributed by atoms with van der Waals surface area (Å²) < 4.78 is 27.1. The van der Waals surface area contributed by atoms with Crippen molar-refractivity contribution in [2.75, 3.05) is 14.7 Å². The van der Waals surface area contributed by atoms with Gasteiger partial charge in [0.1, 0.15) is 27.9 Å². The Balaban J connectivity index is 0.000000104. The third kappa shape index (κ3) is 14.0. The van der Waals surface area contributed by atoms with Gasteiger partial charge < -0.3 is 28.0 Å². The van der Waals surface area contributed by atoms with Crippen LogP contribution in [0.3, 0.4) is 0 Å². The molecule has 0 aliphatic heterocycles. The molecule has 6 heterocycles. The lowest BCUT2D eigenvalue weighted by atomic mass is 9.97. The smallest absolute Gasteiger partial charge is 0.159 e. The van der Waals surface area contributed by atoms with Gasteiger partial charge in [-0.05, 0) is 262 Å². The van der Waals surface area contributed by atoms with E-state index in [1.807, 2.05) is 64.3 Å². The van der Waals surface area contributed by atoms with E-state index in [-0.39, 0.29) is 0 Å². The van der Waals surface area contributed by atoms with Crippen LogP contribution in [-0.4, -0.2) is 0 Å². The highest BCUT2D eigenvalue weighted by Crippen LogP contribution is 2.52. The van der Waals surface area contributed by atoms with Crippen molar-refractivity contribution in [2.24, 2.45) is 0 Å². The maximum Gasteiger partial charge on any atom is 0.159 e. The second kappa shape index (κ2) is 33.6. The fraction of sp³-hybridized carbons (Fsp3) is 0. The van der Waals surface area contributed by atoms with Crippen LogP contribution in [0.5, 0.6) is 0 Å². The van der Waals surface area contributed by atoms with E-state index in [0.717, 1.165) is 117 Å². The van der Waals surface area contributed by atoms with Gasteiger partial charge in [-0.1, -0.05) is 322 Å². The first-order chi connectivity index (χ1) is 69.9. The van der Waals surface area contributed by atoms with E-state index in [1.54, 1.807) is 0 Å². The zero-order chi connectivity index (χ0) is 92.7. The van der Waals surface area contributed by atoms with Crippen molar-refractivity contribution in [3.8, 4) is 33.4 Å². The number of nitrogens with zero attached hydrogens (tertiary/aromatic N) is 3. The molecule has 0 atom stereocenters. The molecule has 0 aliphatic rings. The van der Waals surface area contributed by atoms with Crippen molar-refractivity contribution in [3.05, 3.63) is 491 Å². The zero-order valence-electron chi connectivity index (χ0n) is 76.1. The summed E-state index contributed by atoms with van der Waals surface area (Å²) in [6, 6.07) is 177. The predicted molar refractivity (Wildman–Crippen MR) is 605 cm³/mol. The maximum atomic E-state index is 6.61. The molecule has 0 spiro atoms. The average molecular weight is 1850 g/mol. The van der Waals surface area contributed by atoms with E-state index >= 15 is 0 Å². The van der Waals surface area contributed by atoms with Crippen molar-refractivity contribution in [2.45, 2.75) is 0 Å². The monoisotopic (exact) mass is 1850 g/mol. The molecule has 0 saturated heterocycles. The van der Waals surface area contributed by atoms with Crippen LogP contribution in [-0.2, 0) is 0 Å². The van der Waals surface area contributed by atoms with E-state index in [0.29, 0.717) is 0 Å². The van der Waals surface area contributed by atoms with E-state index in [9.17, 15) is 0 Å². The minimum atomic E-state index is 0.880. The molecule has 660 valence electrons. The molecular formula is C132H81N3O3S3. The van der Waals surface area contributed by atoms with Gasteiger partial charge in [0.25, 0.3) is 0 Å². The first kappa shape index (κ1) is 81.6. The Kier molecular flexibility index (Phi) is 19.5. The number of hydrogen-bond donors (Lipinski definition) is 0. The largest absolute Gasteiger partial charge is 0.456 e. The van der Waals surface area contributed by atoms with Crippen LogP contribution in [0.25, 0.3) is 224 Å². The fourth-order valence-electron chi connectivity index (χ4n) is 21.7. The van der Waals surface area contributed by atoms with Crippen LogP contribution in [0.15, 0.2) is 505 Å². The van der Waals surface area contributed by atoms with Crippen LogP contribution >= 0.6 is 34.0 Å². The lowest BCUT2D eigenvalue weighted by Gasteiger charge is -2.26. The molecule has 30 aromatic rings. The third-order valence-electron chi connectivity index (χ3n) is 28.3. The normalized spacial score (nSPS) is 11.8. The predicted octanol–water partition coefficient (Wildman–Crippen LogP) is 40.2. The van der Waals surface area contributed by atoms with Crippen molar-refractivity contribution in [1.29, 1.82) is 0 Å². The molecule has 141 heavy (non-hydrogen) atoms. The molecule has 0 unspecified atom stereocenters. The Hall–Kier alpha value is -17.7. The van der Waals surface area contributed by atoms with Gasteiger partial charge >= 0.3 is 0 Å². The summed E-state index contributed by atoms with van der Waals surface area (Å²) in [4.78, 5) is 7.08. The van der Waals surface area contributed by atoms with Gasteiger partial charge in [-0.25, -0.2) is 0 Å². The summed E-state index contributed by atoms with van der Waals surface area (Å²) in [6.07, 6.45) is 0. The summed E-state index contributed by atoms with van der Waals surface area (Å²) in [5.74, 6) is 0. The van der Waals surface area contributed by atoms with Crippen LogP contribution in [0, 0.1) is 0 Å². The molecule has 0 radical (unpaired) electrons. The van der Waals surface area contributed by atoms with Crippen LogP contribution in [0.2, 0.25) is 0 Å². The van der Waals surface area contributed by atoms with Gasteiger partial charge in [-0.15, -0.1) is 34.0 Å². The molecule has 9 heteroatoms.